The molecule has 1 aromatic rings. The van der Waals surface area contributed by atoms with Crippen molar-refractivity contribution in [3.63, 3.8) is 0 Å². The number of hydrogen-bond donors (Lipinski definition) is 2. The molecule has 0 aromatic carbocycles. The first-order valence-electron chi connectivity index (χ1n) is 19.1. The lowest BCUT2D eigenvalue weighted by molar-refractivity contribution is -0.219. The zero-order chi connectivity index (χ0) is 35.2. The van der Waals surface area contributed by atoms with E-state index < -0.39 is 11.4 Å². The van der Waals surface area contributed by atoms with Gasteiger partial charge in [0.05, 0.1) is 0 Å². The number of hydrogen-bond acceptors (Lipinski definition) is 5. The van der Waals surface area contributed by atoms with E-state index in [1.54, 1.807) is 18.3 Å². The quantitative estimate of drug-likeness (QED) is 0.293. The number of nitrogens with two attached hydrogens (primary N) is 1. The molecule has 264 valence electrons. The summed E-state index contributed by atoms with van der Waals surface area (Å²) < 4.78 is 5.92. The lowest BCUT2D eigenvalue weighted by Crippen LogP contribution is -2.67. The van der Waals surface area contributed by atoms with Crippen LogP contribution >= 0.6 is 0 Å². The summed E-state index contributed by atoms with van der Waals surface area (Å²) in [6.07, 6.45) is 19.0. The molecule has 0 radical (unpaired) electrons. The van der Waals surface area contributed by atoms with E-state index in [4.69, 9.17) is 10.5 Å². The van der Waals surface area contributed by atoms with E-state index in [1.165, 1.54) is 55.2 Å². The molecule has 6 aliphatic rings. The Balaban J connectivity index is 1.14. The van der Waals surface area contributed by atoms with Crippen LogP contribution in [-0.4, -0.2) is 28.2 Å². The molecule has 6 heteroatoms. The number of ether oxygens (including phenoxy) is 1. The maximum absolute atomic E-state index is 12.7. The predicted molar refractivity (Wildman–Crippen MR) is 193 cm³/mol. The topological polar surface area (TPSA) is 109 Å². The van der Waals surface area contributed by atoms with Gasteiger partial charge in [-0.1, -0.05) is 58.9 Å². The van der Waals surface area contributed by atoms with E-state index in [2.05, 4.69) is 71.3 Å². The van der Waals surface area contributed by atoms with Crippen LogP contribution in [0.4, 0.5) is 0 Å². The number of aromatic nitrogens is 1. The molecule has 49 heavy (non-hydrogen) atoms. The fraction of sp³-hybridized carbons (Fsp3) is 0.698. The van der Waals surface area contributed by atoms with Crippen LogP contribution in [0.15, 0.2) is 53.8 Å². The Hall–Kier alpha value is -2.91. The smallest absolute Gasteiger partial charge is 0.313 e. The first kappa shape index (κ1) is 34.5. The number of fused-ring (bicyclic) bond motifs is 7. The molecule has 6 aliphatic carbocycles. The molecule has 4 saturated carbocycles. The van der Waals surface area contributed by atoms with Crippen LogP contribution in [0.3, 0.4) is 0 Å². The van der Waals surface area contributed by atoms with Gasteiger partial charge in [0.2, 0.25) is 5.88 Å². The monoisotopic (exact) mass is 665 g/mol. The first-order chi connectivity index (χ1) is 23.1. The van der Waals surface area contributed by atoms with Crippen molar-refractivity contribution in [1.29, 1.82) is 5.26 Å². The highest BCUT2D eigenvalue weighted by Crippen LogP contribution is 2.76. The molecule has 7 rings (SSSR count). The van der Waals surface area contributed by atoms with Gasteiger partial charge < -0.3 is 15.6 Å². The van der Waals surface area contributed by atoms with Gasteiger partial charge in [-0.25, -0.2) is 4.98 Å². The third-order valence-corrected chi connectivity index (χ3v) is 16.5. The Morgan fingerprint density at radius 2 is 1.80 bits per heavy atom. The first-order valence-corrected chi connectivity index (χ1v) is 19.1. The molecule has 0 spiro atoms. The summed E-state index contributed by atoms with van der Waals surface area (Å²) in [5.74, 6) is 2.43. The Morgan fingerprint density at radius 1 is 1.02 bits per heavy atom. The third-order valence-electron chi connectivity index (χ3n) is 16.5. The zero-order valence-corrected chi connectivity index (χ0v) is 30.9. The van der Waals surface area contributed by atoms with Crippen molar-refractivity contribution in [3.05, 3.63) is 59.3 Å². The van der Waals surface area contributed by atoms with Crippen molar-refractivity contribution in [1.82, 2.24) is 4.98 Å². The fourth-order valence-electron chi connectivity index (χ4n) is 13.7. The van der Waals surface area contributed by atoms with Gasteiger partial charge in [0.1, 0.15) is 23.7 Å². The Labute approximate surface area is 294 Å². The SMILES string of the molecule is C=C(C)[C@@H]1CC[C@]2(N)CC[C@]3(C)[C@H](CC[C@@H]4[C@@]5(C)CC=C(C6=CCC(COc7ncccc7C#N)(C(=O)O)CC6)C(C)(C)[C@@H]5CC[C@]43C)[C@@H]12. The number of nitrogens with zero attached hydrogens (tertiary/aromatic N) is 2. The molecule has 4 fully saturated rings. The van der Waals surface area contributed by atoms with E-state index in [0.29, 0.717) is 59.8 Å². The van der Waals surface area contributed by atoms with Crippen LogP contribution in [0.25, 0.3) is 0 Å². The van der Waals surface area contributed by atoms with E-state index in [9.17, 15) is 15.2 Å². The summed E-state index contributed by atoms with van der Waals surface area (Å²) in [5, 5.41) is 19.9. The van der Waals surface area contributed by atoms with Crippen LogP contribution in [-0.2, 0) is 4.79 Å². The molecule has 1 aromatic heterocycles. The summed E-state index contributed by atoms with van der Waals surface area (Å²) in [7, 11) is 0. The number of pyridine rings is 1. The highest BCUT2D eigenvalue weighted by molar-refractivity contribution is 5.75. The second-order valence-electron chi connectivity index (χ2n) is 18.7. The Morgan fingerprint density at radius 3 is 2.47 bits per heavy atom. The lowest BCUT2D eigenvalue weighted by Gasteiger charge is -2.72. The van der Waals surface area contributed by atoms with E-state index >= 15 is 0 Å². The summed E-state index contributed by atoms with van der Waals surface area (Å²) in [5.41, 5.74) is 11.5. The van der Waals surface area contributed by atoms with Gasteiger partial charge in [0, 0.05) is 11.7 Å². The number of carboxylic acids is 1. The number of rotatable bonds is 6. The molecule has 1 unspecified atom stereocenters. The maximum atomic E-state index is 12.7. The van der Waals surface area contributed by atoms with Gasteiger partial charge in [0.15, 0.2) is 0 Å². The molecule has 10 atom stereocenters. The van der Waals surface area contributed by atoms with E-state index in [1.807, 2.05) is 0 Å². The van der Waals surface area contributed by atoms with Gasteiger partial charge in [0.25, 0.3) is 0 Å². The molecule has 0 saturated heterocycles. The van der Waals surface area contributed by atoms with Gasteiger partial charge >= 0.3 is 5.97 Å². The van der Waals surface area contributed by atoms with Crippen molar-refractivity contribution in [2.24, 2.45) is 62.4 Å². The standard InChI is InChI=1S/C43H59N3O3/c1-27(2)30-14-21-43(45)23-22-40(6)32(35(30)43)10-11-34-39(5)17-15-31(38(3,4)33(39)16-18-41(34,40)7)28-12-19-42(20-13-28,37(47)48)26-49-36-29(25-44)9-8-24-46-36/h8-9,12,15,24,30,32-35H,1,10-11,13-14,16-23,26,45H2,2-7H3,(H,47,48)/t30-,32+,33-,34+,35+,39-,40+,41+,42?,43-/m0/s1. The molecular weight excluding hydrogens is 606 g/mol. The fourth-order valence-corrected chi connectivity index (χ4v) is 13.7. The molecule has 0 amide bonds. The van der Waals surface area contributed by atoms with Crippen LogP contribution < -0.4 is 10.5 Å². The maximum Gasteiger partial charge on any atom is 0.313 e. The van der Waals surface area contributed by atoms with E-state index in [0.717, 1.165) is 19.3 Å². The summed E-state index contributed by atoms with van der Waals surface area (Å²) in [6, 6.07) is 5.43. The van der Waals surface area contributed by atoms with Gasteiger partial charge in [-0.3, -0.25) is 4.79 Å². The van der Waals surface area contributed by atoms with Crippen molar-refractivity contribution in [2.45, 2.75) is 124 Å². The number of allylic oxidation sites excluding steroid dienone is 5. The molecule has 0 bridgehead atoms. The zero-order valence-electron chi connectivity index (χ0n) is 30.9. The van der Waals surface area contributed by atoms with Crippen molar-refractivity contribution >= 4 is 5.97 Å². The summed E-state index contributed by atoms with van der Waals surface area (Å²) in [6.45, 7) is 19.7. The largest absolute Gasteiger partial charge is 0.481 e. The third kappa shape index (κ3) is 4.87. The second kappa shape index (κ2) is 11.6. The van der Waals surface area contributed by atoms with Crippen molar-refractivity contribution < 1.29 is 14.6 Å². The van der Waals surface area contributed by atoms with Crippen LogP contribution in [0, 0.1) is 68.0 Å². The minimum absolute atomic E-state index is 0.000214. The highest BCUT2D eigenvalue weighted by Gasteiger charge is 2.70. The molecule has 3 N–H and O–H groups in total. The van der Waals surface area contributed by atoms with Crippen LogP contribution in [0.2, 0.25) is 0 Å². The van der Waals surface area contributed by atoms with Crippen LogP contribution in [0.1, 0.15) is 124 Å². The lowest BCUT2D eigenvalue weighted by atomic mass is 9.33. The highest BCUT2D eigenvalue weighted by atomic mass is 16.5. The average molecular weight is 666 g/mol. The molecular formula is C43H59N3O3. The average Bonchev–Trinajstić information content (AvgIpc) is 3.42. The summed E-state index contributed by atoms with van der Waals surface area (Å²) in [4.78, 5) is 16.9. The minimum Gasteiger partial charge on any atom is -0.481 e. The van der Waals surface area contributed by atoms with Crippen LogP contribution in [0.5, 0.6) is 5.88 Å². The predicted octanol–water partition coefficient (Wildman–Crippen LogP) is 9.42. The Kier molecular flexibility index (Phi) is 8.14. The van der Waals surface area contributed by atoms with Gasteiger partial charge in [-0.2, -0.15) is 5.26 Å². The van der Waals surface area contributed by atoms with E-state index in [-0.39, 0.29) is 34.3 Å². The van der Waals surface area contributed by atoms with Crippen molar-refractivity contribution in [3.8, 4) is 11.9 Å². The molecule has 6 nitrogen and oxygen atoms in total. The van der Waals surface area contributed by atoms with Crippen molar-refractivity contribution in [2.75, 3.05) is 6.61 Å². The number of carboxylic acid groups (broad SMARTS) is 1. The van der Waals surface area contributed by atoms with Gasteiger partial charge in [-0.05, 0) is 159 Å². The molecule has 1 heterocycles. The minimum atomic E-state index is -1.04. The number of carbonyl (C=O) groups is 1. The summed E-state index contributed by atoms with van der Waals surface area (Å²) >= 11 is 0. The second-order valence-corrected chi connectivity index (χ2v) is 18.7. The Bertz CT molecular complexity index is 1650. The normalized spacial score (nSPS) is 43.8. The number of nitriles is 1. The molecule has 0 aliphatic heterocycles. The van der Waals surface area contributed by atoms with Gasteiger partial charge in [-0.15, -0.1) is 0 Å². The number of aliphatic carboxylic acids is 1.